The van der Waals surface area contributed by atoms with Crippen molar-refractivity contribution in [1.29, 1.82) is 0 Å². The van der Waals surface area contributed by atoms with E-state index < -0.39 is 24.6 Å². The van der Waals surface area contributed by atoms with Gasteiger partial charge in [-0.05, 0) is 6.42 Å². The predicted molar refractivity (Wildman–Crippen MR) is 54.1 cm³/mol. The molecule has 3 N–H and O–H groups in total. The van der Waals surface area contributed by atoms with Crippen molar-refractivity contribution in [3.05, 3.63) is 0 Å². The summed E-state index contributed by atoms with van der Waals surface area (Å²) in [6.07, 6.45) is 0.726. The lowest BCUT2D eigenvalue weighted by Gasteiger charge is -2.22. The highest BCUT2D eigenvalue weighted by atomic mass is 16.5. The van der Waals surface area contributed by atoms with Gasteiger partial charge in [0.25, 0.3) is 0 Å². The standard InChI is InChI=1S/C9H16N2O5/c12-6-7(8(13)14)10-9(15)11-2-1-4-16-5-3-11/h7,12H,1-6H2,(H,10,15)(H,13,14). The topological polar surface area (TPSA) is 99.1 Å². The summed E-state index contributed by atoms with van der Waals surface area (Å²) in [7, 11) is 0. The van der Waals surface area contributed by atoms with Gasteiger partial charge in [-0.15, -0.1) is 0 Å². The van der Waals surface area contributed by atoms with Gasteiger partial charge in [-0.3, -0.25) is 0 Å². The van der Waals surface area contributed by atoms with Crippen molar-refractivity contribution in [1.82, 2.24) is 10.2 Å². The molecule has 0 saturated carbocycles. The zero-order valence-corrected chi connectivity index (χ0v) is 8.89. The van der Waals surface area contributed by atoms with Gasteiger partial charge in [0.05, 0.1) is 13.2 Å². The van der Waals surface area contributed by atoms with E-state index in [4.69, 9.17) is 14.9 Å². The normalized spacial score (nSPS) is 18.7. The number of ether oxygens (including phenoxy) is 1. The van der Waals surface area contributed by atoms with Gasteiger partial charge in [0.2, 0.25) is 0 Å². The number of carbonyl (C=O) groups is 2. The summed E-state index contributed by atoms with van der Waals surface area (Å²) >= 11 is 0. The van der Waals surface area contributed by atoms with Gasteiger partial charge in [-0.25, -0.2) is 9.59 Å². The van der Waals surface area contributed by atoms with E-state index in [2.05, 4.69) is 5.32 Å². The second-order valence-corrected chi connectivity index (χ2v) is 3.48. The largest absolute Gasteiger partial charge is 0.480 e. The first-order valence-corrected chi connectivity index (χ1v) is 5.12. The number of rotatable bonds is 3. The number of aliphatic hydroxyl groups excluding tert-OH is 1. The van der Waals surface area contributed by atoms with E-state index in [0.29, 0.717) is 26.3 Å². The second-order valence-electron chi connectivity index (χ2n) is 3.48. The Morgan fingerprint density at radius 3 is 2.75 bits per heavy atom. The van der Waals surface area contributed by atoms with Crippen molar-refractivity contribution < 1.29 is 24.5 Å². The third kappa shape index (κ3) is 3.67. The summed E-state index contributed by atoms with van der Waals surface area (Å²) < 4.78 is 5.17. The van der Waals surface area contributed by atoms with Gasteiger partial charge < -0.3 is 25.2 Å². The van der Waals surface area contributed by atoms with E-state index in [1.54, 1.807) is 0 Å². The first-order valence-electron chi connectivity index (χ1n) is 5.12. The number of nitrogens with zero attached hydrogens (tertiary/aromatic N) is 1. The Balaban J connectivity index is 2.46. The average molecular weight is 232 g/mol. The molecule has 1 aliphatic heterocycles. The van der Waals surface area contributed by atoms with Crippen molar-refractivity contribution in [3.8, 4) is 0 Å². The van der Waals surface area contributed by atoms with Crippen LogP contribution in [0.2, 0.25) is 0 Å². The van der Waals surface area contributed by atoms with Crippen LogP contribution in [0, 0.1) is 0 Å². The van der Waals surface area contributed by atoms with Gasteiger partial charge in [-0.1, -0.05) is 0 Å². The fraction of sp³-hybridized carbons (Fsp3) is 0.778. The van der Waals surface area contributed by atoms with E-state index in [1.165, 1.54) is 4.90 Å². The molecule has 0 aromatic carbocycles. The Kier molecular flexibility index (Phi) is 5.00. The Hall–Kier alpha value is -1.34. The Labute approximate surface area is 93.0 Å². The Morgan fingerprint density at radius 2 is 2.12 bits per heavy atom. The Morgan fingerprint density at radius 1 is 1.38 bits per heavy atom. The van der Waals surface area contributed by atoms with Crippen LogP contribution in [0.3, 0.4) is 0 Å². The first-order chi connectivity index (χ1) is 7.65. The van der Waals surface area contributed by atoms with Gasteiger partial charge in [0, 0.05) is 19.7 Å². The molecule has 0 aliphatic carbocycles. The smallest absolute Gasteiger partial charge is 0.328 e. The minimum Gasteiger partial charge on any atom is -0.480 e. The van der Waals surface area contributed by atoms with Gasteiger partial charge in [0.15, 0.2) is 6.04 Å². The molecular weight excluding hydrogens is 216 g/mol. The van der Waals surface area contributed by atoms with E-state index in [9.17, 15) is 9.59 Å². The lowest BCUT2D eigenvalue weighted by atomic mass is 10.3. The fourth-order valence-electron chi connectivity index (χ4n) is 1.37. The monoisotopic (exact) mass is 232 g/mol. The van der Waals surface area contributed by atoms with E-state index in [0.717, 1.165) is 6.42 Å². The molecule has 1 aliphatic rings. The molecule has 2 amide bonds. The quantitative estimate of drug-likeness (QED) is 0.571. The number of carboxylic acid groups (broad SMARTS) is 1. The molecule has 16 heavy (non-hydrogen) atoms. The zero-order chi connectivity index (χ0) is 12.0. The van der Waals surface area contributed by atoms with Crippen molar-refractivity contribution in [2.45, 2.75) is 12.5 Å². The second kappa shape index (κ2) is 6.29. The molecule has 7 nitrogen and oxygen atoms in total. The number of aliphatic carboxylic acids is 1. The van der Waals surface area contributed by atoms with Crippen LogP contribution < -0.4 is 5.32 Å². The summed E-state index contributed by atoms with van der Waals surface area (Å²) in [4.78, 5) is 23.7. The van der Waals surface area contributed by atoms with Gasteiger partial charge in [0.1, 0.15) is 0 Å². The minimum atomic E-state index is -1.25. The maximum absolute atomic E-state index is 11.6. The van der Waals surface area contributed by atoms with Crippen molar-refractivity contribution in [3.63, 3.8) is 0 Å². The molecule has 0 radical (unpaired) electrons. The number of hydrogen-bond donors (Lipinski definition) is 3. The van der Waals surface area contributed by atoms with Crippen LogP contribution in [-0.2, 0) is 9.53 Å². The number of carboxylic acids is 1. The minimum absolute atomic E-state index is 0.434. The van der Waals surface area contributed by atoms with Crippen LogP contribution in [0.4, 0.5) is 4.79 Å². The van der Waals surface area contributed by atoms with Crippen LogP contribution in [-0.4, -0.2) is 66.1 Å². The van der Waals surface area contributed by atoms with Crippen LogP contribution in [0.25, 0.3) is 0 Å². The molecule has 0 aromatic heterocycles. The van der Waals surface area contributed by atoms with Crippen molar-refractivity contribution >= 4 is 12.0 Å². The number of aliphatic hydroxyl groups is 1. The lowest BCUT2D eigenvalue weighted by molar-refractivity contribution is -0.140. The molecule has 1 unspecified atom stereocenters. The zero-order valence-electron chi connectivity index (χ0n) is 8.89. The molecule has 1 rings (SSSR count). The SMILES string of the molecule is O=C(O)C(CO)NC(=O)N1CCCOCC1. The first kappa shape index (κ1) is 12.7. The highest BCUT2D eigenvalue weighted by Crippen LogP contribution is 2.00. The summed E-state index contributed by atoms with van der Waals surface area (Å²) in [5.41, 5.74) is 0. The third-order valence-corrected chi connectivity index (χ3v) is 2.29. The van der Waals surface area contributed by atoms with E-state index in [-0.39, 0.29) is 0 Å². The molecule has 7 heteroatoms. The van der Waals surface area contributed by atoms with Crippen molar-refractivity contribution in [2.75, 3.05) is 32.9 Å². The molecule has 0 aromatic rings. The molecule has 0 bridgehead atoms. The Bertz CT molecular complexity index is 250. The van der Waals surface area contributed by atoms with E-state index >= 15 is 0 Å². The number of urea groups is 1. The maximum Gasteiger partial charge on any atom is 0.328 e. The van der Waals surface area contributed by atoms with Crippen LogP contribution in [0.5, 0.6) is 0 Å². The predicted octanol–water partition coefficient (Wildman–Crippen LogP) is -1.14. The molecule has 92 valence electrons. The fourth-order valence-corrected chi connectivity index (χ4v) is 1.37. The summed E-state index contributed by atoms with van der Waals surface area (Å²) in [5.74, 6) is -1.25. The number of carbonyl (C=O) groups excluding carboxylic acids is 1. The highest BCUT2D eigenvalue weighted by molar-refractivity contribution is 5.82. The van der Waals surface area contributed by atoms with Crippen LogP contribution in [0.15, 0.2) is 0 Å². The average Bonchev–Trinajstić information content (AvgIpc) is 2.53. The molecule has 1 saturated heterocycles. The molecule has 1 heterocycles. The lowest BCUT2D eigenvalue weighted by Crippen LogP contribution is -2.50. The van der Waals surface area contributed by atoms with Gasteiger partial charge in [-0.2, -0.15) is 0 Å². The molecule has 1 fully saturated rings. The summed E-state index contributed by atoms with van der Waals surface area (Å²) in [6.45, 7) is 1.40. The molecular formula is C9H16N2O5. The van der Waals surface area contributed by atoms with Crippen molar-refractivity contribution in [2.24, 2.45) is 0 Å². The number of nitrogens with one attached hydrogen (secondary N) is 1. The van der Waals surface area contributed by atoms with Gasteiger partial charge >= 0.3 is 12.0 Å². The van der Waals surface area contributed by atoms with E-state index in [1.807, 2.05) is 0 Å². The summed E-state index contributed by atoms with van der Waals surface area (Å²) in [6, 6.07) is -1.73. The molecule has 1 atom stereocenters. The van der Waals surface area contributed by atoms with Crippen LogP contribution >= 0.6 is 0 Å². The third-order valence-electron chi connectivity index (χ3n) is 2.29. The number of hydrogen-bond acceptors (Lipinski definition) is 4. The molecule has 0 spiro atoms. The maximum atomic E-state index is 11.6. The highest BCUT2D eigenvalue weighted by Gasteiger charge is 2.22. The number of amides is 2. The van der Waals surface area contributed by atoms with Crippen LogP contribution in [0.1, 0.15) is 6.42 Å². The summed E-state index contributed by atoms with van der Waals surface area (Å²) in [5, 5.41) is 19.7.